The molecule has 0 saturated carbocycles. The predicted molar refractivity (Wildman–Crippen MR) is 136 cm³/mol. The van der Waals surface area contributed by atoms with Gasteiger partial charge in [-0.2, -0.15) is 0 Å². The van der Waals surface area contributed by atoms with Gasteiger partial charge in [0.25, 0.3) is 5.91 Å². The fraction of sp³-hybridized carbons (Fsp3) is 0.172. The van der Waals surface area contributed by atoms with Gasteiger partial charge in [-0.3, -0.25) is 14.5 Å². The minimum atomic E-state index is -0.680. The molecule has 1 aliphatic heterocycles. The predicted octanol–water partition coefficient (Wildman–Crippen LogP) is 5.73. The van der Waals surface area contributed by atoms with Crippen molar-refractivity contribution >= 4 is 22.6 Å². The lowest BCUT2D eigenvalue weighted by Gasteiger charge is -2.25. The van der Waals surface area contributed by atoms with E-state index in [2.05, 4.69) is 6.58 Å². The normalized spacial score (nSPS) is 14.8. The van der Waals surface area contributed by atoms with Crippen molar-refractivity contribution in [3.8, 4) is 11.5 Å². The Bertz CT molecular complexity index is 1520. The van der Waals surface area contributed by atoms with E-state index >= 15 is 0 Å². The Balaban J connectivity index is 1.76. The van der Waals surface area contributed by atoms with E-state index in [4.69, 9.17) is 13.9 Å². The van der Waals surface area contributed by atoms with E-state index in [1.54, 1.807) is 42.4 Å². The molecule has 3 aromatic carbocycles. The van der Waals surface area contributed by atoms with Crippen LogP contribution < -0.4 is 19.8 Å². The lowest BCUT2D eigenvalue weighted by atomic mass is 9.97. The number of carbonyl (C=O) groups excluding carboxylic acids is 1. The van der Waals surface area contributed by atoms with Gasteiger partial charge in [0.1, 0.15) is 23.7 Å². The van der Waals surface area contributed by atoms with Crippen LogP contribution in [0.3, 0.4) is 0 Å². The van der Waals surface area contributed by atoms with Gasteiger partial charge < -0.3 is 13.9 Å². The largest absolute Gasteiger partial charge is 0.497 e. The van der Waals surface area contributed by atoms with Gasteiger partial charge in [-0.25, -0.2) is 0 Å². The van der Waals surface area contributed by atoms with Crippen LogP contribution in [0.5, 0.6) is 11.5 Å². The summed E-state index contributed by atoms with van der Waals surface area (Å²) in [5, 5.41) is 0.459. The van der Waals surface area contributed by atoms with E-state index in [9.17, 15) is 9.59 Å². The third-order valence-electron chi connectivity index (χ3n) is 6.38. The van der Waals surface area contributed by atoms with Gasteiger partial charge >= 0.3 is 0 Å². The molecule has 2 heterocycles. The number of methoxy groups -OCH3 is 1. The third kappa shape index (κ3) is 3.77. The van der Waals surface area contributed by atoms with Crippen molar-refractivity contribution in [3.05, 3.63) is 112 Å². The highest BCUT2D eigenvalue weighted by Crippen LogP contribution is 2.42. The van der Waals surface area contributed by atoms with Gasteiger partial charge in [-0.15, -0.1) is 0 Å². The molecular weight excluding hydrogens is 442 g/mol. The molecule has 6 heteroatoms. The smallest absolute Gasteiger partial charge is 0.295 e. The second-order valence-corrected chi connectivity index (χ2v) is 8.55. The van der Waals surface area contributed by atoms with Crippen molar-refractivity contribution in [3.63, 3.8) is 0 Å². The number of hydrogen-bond acceptors (Lipinski definition) is 5. The quantitative estimate of drug-likeness (QED) is 0.339. The fourth-order valence-electron chi connectivity index (χ4n) is 4.48. The Kier molecular flexibility index (Phi) is 5.65. The number of aryl methyl sites for hydroxylation is 2. The molecule has 176 valence electrons. The van der Waals surface area contributed by atoms with Crippen molar-refractivity contribution in [2.75, 3.05) is 18.6 Å². The average molecular weight is 468 g/mol. The topological polar surface area (TPSA) is 69.0 Å². The molecule has 1 amide bonds. The zero-order chi connectivity index (χ0) is 24.7. The van der Waals surface area contributed by atoms with E-state index in [1.165, 1.54) is 0 Å². The second kappa shape index (κ2) is 8.80. The van der Waals surface area contributed by atoms with E-state index in [1.807, 2.05) is 50.2 Å². The molecule has 4 aromatic rings. The van der Waals surface area contributed by atoms with Gasteiger partial charge in [-0.1, -0.05) is 24.8 Å². The third-order valence-corrected chi connectivity index (χ3v) is 6.38. The standard InChI is InChI=1S/C29H25NO5/c1-5-13-34-22-8-6-7-19(16-22)26-25-27(31)23-14-17(2)18(3)15-24(23)35-28(25)29(32)30(26)20-9-11-21(33-4)12-10-20/h5-12,14-16,26H,1,13H2,2-4H3/t26-/m1/s1. The maximum atomic E-state index is 13.8. The first-order chi connectivity index (χ1) is 16.9. The van der Waals surface area contributed by atoms with Crippen molar-refractivity contribution < 1.29 is 18.7 Å². The van der Waals surface area contributed by atoms with Crippen LogP contribution in [0, 0.1) is 13.8 Å². The number of fused-ring (bicyclic) bond motifs is 2. The first kappa shape index (κ1) is 22.5. The number of benzene rings is 3. The molecule has 0 bridgehead atoms. The highest BCUT2D eigenvalue weighted by Gasteiger charge is 2.43. The summed E-state index contributed by atoms with van der Waals surface area (Å²) in [4.78, 5) is 29.2. The average Bonchev–Trinajstić information content (AvgIpc) is 3.16. The Morgan fingerprint density at radius 3 is 2.46 bits per heavy atom. The molecular formula is C29H25NO5. The fourth-order valence-corrected chi connectivity index (χ4v) is 4.48. The van der Waals surface area contributed by atoms with Crippen LogP contribution in [0.2, 0.25) is 0 Å². The Labute approximate surface area is 203 Å². The molecule has 1 aliphatic rings. The lowest BCUT2D eigenvalue weighted by Crippen LogP contribution is -2.29. The van der Waals surface area contributed by atoms with E-state index in [-0.39, 0.29) is 17.1 Å². The molecule has 1 atom stereocenters. The summed E-state index contributed by atoms with van der Waals surface area (Å²) in [5.41, 5.74) is 3.85. The highest BCUT2D eigenvalue weighted by atomic mass is 16.5. The second-order valence-electron chi connectivity index (χ2n) is 8.55. The molecule has 0 fully saturated rings. The summed E-state index contributed by atoms with van der Waals surface area (Å²) >= 11 is 0. The van der Waals surface area contributed by atoms with Crippen molar-refractivity contribution in [2.45, 2.75) is 19.9 Å². The van der Waals surface area contributed by atoms with Crippen LogP contribution in [0.1, 0.15) is 38.9 Å². The van der Waals surface area contributed by atoms with E-state index < -0.39 is 6.04 Å². The van der Waals surface area contributed by atoms with E-state index in [0.29, 0.717) is 40.3 Å². The molecule has 6 nitrogen and oxygen atoms in total. The molecule has 5 rings (SSSR count). The van der Waals surface area contributed by atoms with Crippen LogP contribution in [0.4, 0.5) is 5.69 Å². The van der Waals surface area contributed by atoms with Crippen LogP contribution in [0.25, 0.3) is 11.0 Å². The molecule has 1 aromatic heterocycles. The minimum absolute atomic E-state index is 0.0592. The Morgan fingerprint density at radius 1 is 1.00 bits per heavy atom. The summed E-state index contributed by atoms with van der Waals surface area (Å²) in [6.45, 7) is 7.94. The number of hydrogen-bond donors (Lipinski definition) is 0. The molecule has 0 saturated heterocycles. The van der Waals surface area contributed by atoms with Crippen LogP contribution in [-0.2, 0) is 0 Å². The Morgan fingerprint density at radius 2 is 1.74 bits per heavy atom. The van der Waals surface area contributed by atoms with Crippen LogP contribution >= 0.6 is 0 Å². The first-order valence-electron chi connectivity index (χ1n) is 11.3. The summed E-state index contributed by atoms with van der Waals surface area (Å²) in [6.07, 6.45) is 1.66. The SMILES string of the molecule is C=CCOc1cccc([C@@H]2c3c(oc4cc(C)c(C)cc4c3=O)C(=O)N2c2ccc(OC)cc2)c1. The lowest BCUT2D eigenvalue weighted by molar-refractivity contribution is 0.0971. The van der Waals surface area contributed by atoms with Gasteiger partial charge in [0.05, 0.1) is 24.1 Å². The number of carbonyl (C=O) groups is 1. The number of anilines is 1. The minimum Gasteiger partial charge on any atom is -0.497 e. The summed E-state index contributed by atoms with van der Waals surface area (Å²) in [6, 6.07) is 17.5. The number of nitrogens with zero attached hydrogens (tertiary/aromatic N) is 1. The van der Waals surface area contributed by atoms with E-state index in [0.717, 1.165) is 16.7 Å². The van der Waals surface area contributed by atoms with Crippen LogP contribution in [-0.4, -0.2) is 19.6 Å². The first-order valence-corrected chi connectivity index (χ1v) is 11.3. The zero-order valence-corrected chi connectivity index (χ0v) is 19.8. The molecule has 0 radical (unpaired) electrons. The molecule has 0 spiro atoms. The number of rotatable bonds is 6. The summed E-state index contributed by atoms with van der Waals surface area (Å²) < 4.78 is 17.1. The molecule has 0 aliphatic carbocycles. The molecule has 35 heavy (non-hydrogen) atoms. The van der Waals surface area contributed by atoms with Crippen molar-refractivity contribution in [1.29, 1.82) is 0 Å². The molecule has 0 N–H and O–H groups in total. The zero-order valence-electron chi connectivity index (χ0n) is 19.8. The van der Waals surface area contributed by atoms with Gasteiger partial charge in [-0.05, 0) is 79.1 Å². The molecule has 0 unspecified atom stereocenters. The van der Waals surface area contributed by atoms with Gasteiger partial charge in [0.15, 0.2) is 5.43 Å². The van der Waals surface area contributed by atoms with Crippen LogP contribution in [0.15, 0.2) is 82.5 Å². The van der Waals surface area contributed by atoms with Crippen molar-refractivity contribution in [1.82, 2.24) is 0 Å². The highest BCUT2D eigenvalue weighted by molar-refractivity contribution is 6.10. The van der Waals surface area contributed by atoms with Gasteiger partial charge in [0.2, 0.25) is 5.76 Å². The maximum absolute atomic E-state index is 13.8. The van der Waals surface area contributed by atoms with Gasteiger partial charge in [0, 0.05) is 5.69 Å². The maximum Gasteiger partial charge on any atom is 0.295 e. The van der Waals surface area contributed by atoms with Crippen molar-refractivity contribution in [2.24, 2.45) is 0 Å². The number of ether oxygens (including phenoxy) is 2. The monoisotopic (exact) mass is 467 g/mol. The number of amides is 1. The summed E-state index contributed by atoms with van der Waals surface area (Å²) in [5.74, 6) is 0.976. The summed E-state index contributed by atoms with van der Waals surface area (Å²) in [7, 11) is 1.58. The Hall–Kier alpha value is -4.32.